The number of benzene rings is 1. The molecule has 0 saturated carbocycles. The molecule has 1 aromatic heterocycles. The predicted molar refractivity (Wildman–Crippen MR) is 79.1 cm³/mol. The molecule has 0 spiro atoms. The number of anilines is 1. The fourth-order valence-electron chi connectivity index (χ4n) is 1.84. The van der Waals surface area contributed by atoms with Crippen molar-refractivity contribution >= 4 is 27.0 Å². The maximum Gasteiger partial charge on any atom is 0.263 e. The molecule has 0 amide bonds. The summed E-state index contributed by atoms with van der Waals surface area (Å²) in [6, 6.07) is 8.91. The minimum atomic E-state index is -3.53. The van der Waals surface area contributed by atoms with Crippen molar-refractivity contribution in [1.82, 2.24) is 5.32 Å². The molecule has 2 rings (SSSR count). The topological polar surface area (TPSA) is 58.2 Å². The average Bonchev–Trinajstić information content (AvgIpc) is 2.72. The van der Waals surface area contributed by atoms with Crippen molar-refractivity contribution in [3.05, 3.63) is 46.2 Å². The Kier molecular flexibility index (Phi) is 4.24. The van der Waals surface area contributed by atoms with Crippen molar-refractivity contribution in [2.75, 3.05) is 11.8 Å². The van der Waals surface area contributed by atoms with Crippen molar-refractivity contribution in [2.24, 2.45) is 0 Å². The fourth-order valence-corrected chi connectivity index (χ4v) is 4.73. The minimum absolute atomic E-state index is 0.385. The van der Waals surface area contributed by atoms with Crippen LogP contribution in [0, 0.1) is 6.92 Å². The highest BCUT2D eigenvalue weighted by molar-refractivity contribution is 7.93. The Morgan fingerprint density at radius 2 is 1.89 bits per heavy atom. The second-order valence-electron chi connectivity index (χ2n) is 4.17. The maximum atomic E-state index is 12.4. The van der Waals surface area contributed by atoms with E-state index >= 15 is 0 Å². The van der Waals surface area contributed by atoms with Gasteiger partial charge in [-0.25, -0.2) is 8.42 Å². The van der Waals surface area contributed by atoms with E-state index < -0.39 is 10.0 Å². The van der Waals surface area contributed by atoms with E-state index in [-0.39, 0.29) is 0 Å². The first-order valence-electron chi connectivity index (χ1n) is 5.84. The van der Waals surface area contributed by atoms with Gasteiger partial charge in [-0.05, 0) is 37.0 Å². The van der Waals surface area contributed by atoms with Crippen LogP contribution in [0.4, 0.5) is 5.69 Å². The summed E-state index contributed by atoms with van der Waals surface area (Å²) >= 11 is 1.46. The molecule has 0 unspecified atom stereocenters. The van der Waals surface area contributed by atoms with E-state index in [0.717, 1.165) is 10.4 Å². The van der Waals surface area contributed by atoms with Crippen LogP contribution in [0.3, 0.4) is 0 Å². The zero-order chi connectivity index (χ0) is 13.9. The van der Waals surface area contributed by atoms with Gasteiger partial charge in [0.1, 0.15) is 4.90 Å². The first kappa shape index (κ1) is 14.0. The highest BCUT2D eigenvalue weighted by Crippen LogP contribution is 2.28. The number of aryl methyl sites for hydroxylation is 1. The van der Waals surface area contributed by atoms with Crippen molar-refractivity contribution < 1.29 is 8.42 Å². The molecule has 1 aromatic carbocycles. The number of hydrogen-bond donors (Lipinski definition) is 2. The normalized spacial score (nSPS) is 11.5. The van der Waals surface area contributed by atoms with Gasteiger partial charge in [-0.2, -0.15) is 0 Å². The van der Waals surface area contributed by atoms with E-state index in [1.54, 1.807) is 31.3 Å². The van der Waals surface area contributed by atoms with E-state index in [1.165, 1.54) is 11.3 Å². The Labute approximate surface area is 117 Å². The van der Waals surface area contributed by atoms with Gasteiger partial charge in [0.15, 0.2) is 0 Å². The monoisotopic (exact) mass is 296 g/mol. The molecule has 0 aliphatic rings. The number of thiophene rings is 1. The highest BCUT2D eigenvalue weighted by atomic mass is 32.2. The Morgan fingerprint density at radius 1 is 1.21 bits per heavy atom. The van der Waals surface area contributed by atoms with Crippen LogP contribution in [0.1, 0.15) is 10.4 Å². The molecule has 0 aliphatic carbocycles. The van der Waals surface area contributed by atoms with Crippen LogP contribution in [-0.4, -0.2) is 15.5 Å². The molecular weight excluding hydrogens is 280 g/mol. The first-order valence-corrected chi connectivity index (χ1v) is 8.20. The van der Waals surface area contributed by atoms with Gasteiger partial charge in [0.05, 0.1) is 0 Å². The van der Waals surface area contributed by atoms with E-state index in [2.05, 4.69) is 10.0 Å². The van der Waals surface area contributed by atoms with E-state index in [1.807, 2.05) is 18.4 Å². The highest BCUT2D eigenvalue weighted by Gasteiger charge is 2.22. The molecular formula is C13H16N2O2S2. The van der Waals surface area contributed by atoms with Crippen molar-refractivity contribution in [1.29, 1.82) is 0 Å². The Hall–Kier alpha value is -1.37. The minimum Gasteiger partial charge on any atom is -0.315 e. The second kappa shape index (κ2) is 5.73. The molecule has 0 bridgehead atoms. The number of rotatable bonds is 5. The predicted octanol–water partition coefficient (Wildman–Crippen LogP) is 2.58. The fraction of sp³-hybridized carbons (Fsp3) is 0.231. The van der Waals surface area contributed by atoms with Crippen LogP contribution in [0.15, 0.2) is 40.6 Å². The molecule has 0 saturated heterocycles. The van der Waals surface area contributed by atoms with E-state index in [9.17, 15) is 8.42 Å². The molecule has 2 aromatic rings. The number of sulfonamides is 1. The van der Waals surface area contributed by atoms with E-state index in [4.69, 9.17) is 0 Å². The number of nitrogens with one attached hydrogen (secondary N) is 2. The molecule has 0 fully saturated rings. The lowest BCUT2D eigenvalue weighted by Crippen LogP contribution is -2.16. The molecule has 6 heteroatoms. The lowest BCUT2D eigenvalue weighted by Gasteiger charge is -2.10. The van der Waals surface area contributed by atoms with Gasteiger partial charge >= 0.3 is 0 Å². The zero-order valence-corrected chi connectivity index (χ0v) is 12.4. The maximum absolute atomic E-state index is 12.4. The van der Waals surface area contributed by atoms with Crippen LogP contribution in [0.25, 0.3) is 0 Å². The van der Waals surface area contributed by atoms with Gasteiger partial charge in [0.25, 0.3) is 10.0 Å². The lowest BCUT2D eigenvalue weighted by molar-refractivity contribution is 0.599. The molecule has 1 heterocycles. The SMILES string of the molecule is CNCc1scc(C)c1S(=O)(=O)Nc1ccccc1. The summed E-state index contributed by atoms with van der Waals surface area (Å²) in [6.45, 7) is 2.36. The summed E-state index contributed by atoms with van der Waals surface area (Å²) < 4.78 is 27.5. The molecule has 2 N–H and O–H groups in total. The summed E-state index contributed by atoms with van der Waals surface area (Å²) in [6.07, 6.45) is 0. The molecule has 0 aliphatic heterocycles. The van der Waals surface area contributed by atoms with Gasteiger partial charge in [-0.15, -0.1) is 11.3 Å². The van der Waals surface area contributed by atoms with Gasteiger partial charge in [0, 0.05) is 17.1 Å². The van der Waals surface area contributed by atoms with Crippen LogP contribution < -0.4 is 10.0 Å². The molecule has 0 atom stereocenters. The van der Waals surface area contributed by atoms with Gasteiger partial charge in [-0.3, -0.25) is 4.72 Å². The summed E-state index contributed by atoms with van der Waals surface area (Å²) in [5, 5.41) is 4.86. The molecule has 4 nitrogen and oxygen atoms in total. The summed E-state index contributed by atoms with van der Waals surface area (Å²) in [4.78, 5) is 1.21. The van der Waals surface area contributed by atoms with Gasteiger partial charge < -0.3 is 5.32 Å². The Balaban J connectivity index is 2.37. The average molecular weight is 296 g/mol. The van der Waals surface area contributed by atoms with Gasteiger partial charge in [-0.1, -0.05) is 18.2 Å². The molecule has 0 radical (unpaired) electrons. The molecule has 19 heavy (non-hydrogen) atoms. The number of hydrogen-bond acceptors (Lipinski definition) is 4. The molecule has 102 valence electrons. The summed E-state index contributed by atoms with van der Waals surface area (Å²) in [5.41, 5.74) is 1.35. The van der Waals surface area contributed by atoms with Crippen molar-refractivity contribution in [3.63, 3.8) is 0 Å². The lowest BCUT2D eigenvalue weighted by atomic mass is 10.3. The summed E-state index contributed by atoms with van der Waals surface area (Å²) in [7, 11) is -1.73. The standard InChI is InChI=1S/C13H16N2O2S2/c1-10-9-18-12(8-14-2)13(10)19(16,17)15-11-6-4-3-5-7-11/h3-7,9,14-15H,8H2,1-2H3. The Bertz CT molecular complexity index is 649. The number of para-hydroxylation sites is 1. The van der Waals surface area contributed by atoms with Crippen LogP contribution in [0.5, 0.6) is 0 Å². The third kappa shape index (κ3) is 3.15. The largest absolute Gasteiger partial charge is 0.315 e. The van der Waals surface area contributed by atoms with Crippen molar-refractivity contribution in [2.45, 2.75) is 18.4 Å². The zero-order valence-electron chi connectivity index (χ0n) is 10.8. The van der Waals surface area contributed by atoms with E-state index in [0.29, 0.717) is 17.1 Å². The first-order chi connectivity index (χ1) is 9.04. The third-order valence-electron chi connectivity index (χ3n) is 2.62. The third-order valence-corrected chi connectivity index (χ3v) is 5.47. The van der Waals surface area contributed by atoms with Crippen LogP contribution in [-0.2, 0) is 16.6 Å². The van der Waals surface area contributed by atoms with Gasteiger partial charge in [0.2, 0.25) is 0 Å². The summed E-state index contributed by atoms with van der Waals surface area (Å²) in [5.74, 6) is 0. The second-order valence-corrected chi connectivity index (χ2v) is 6.76. The Morgan fingerprint density at radius 3 is 2.53 bits per heavy atom. The van der Waals surface area contributed by atoms with Crippen molar-refractivity contribution in [3.8, 4) is 0 Å². The smallest absolute Gasteiger partial charge is 0.263 e. The quantitative estimate of drug-likeness (QED) is 0.891. The van der Waals surface area contributed by atoms with Crippen LogP contribution in [0.2, 0.25) is 0 Å². The van der Waals surface area contributed by atoms with Crippen LogP contribution >= 0.6 is 11.3 Å².